The molecule has 1 aliphatic heterocycles. The minimum Gasteiger partial charge on any atom is -0.144 e. The van der Waals surface area contributed by atoms with Gasteiger partial charge < -0.3 is 0 Å². The molecule has 1 saturated heterocycles. The van der Waals surface area contributed by atoms with Crippen molar-refractivity contribution >= 4 is 23.5 Å². The molecule has 0 spiro atoms. The van der Waals surface area contributed by atoms with Crippen LogP contribution >= 0.6 is 23.5 Å². The third-order valence-electron chi connectivity index (χ3n) is 1.47. The average molecular weight is 148 g/mol. The van der Waals surface area contributed by atoms with Crippen LogP contribution in [-0.2, 0) is 0 Å². The Morgan fingerprint density at radius 3 is 1.38 bits per heavy atom. The fourth-order valence-electron chi connectivity index (χ4n) is 0.858. The van der Waals surface area contributed by atoms with Crippen molar-refractivity contribution in [2.75, 3.05) is 0 Å². The van der Waals surface area contributed by atoms with Gasteiger partial charge in [0.15, 0.2) is 0 Å². The van der Waals surface area contributed by atoms with Crippen LogP contribution in [0.25, 0.3) is 0 Å². The Balaban J connectivity index is 2.39. The van der Waals surface area contributed by atoms with Gasteiger partial charge in [0.05, 0.1) is 0 Å². The molecule has 0 aliphatic carbocycles. The van der Waals surface area contributed by atoms with Crippen LogP contribution < -0.4 is 0 Å². The van der Waals surface area contributed by atoms with Gasteiger partial charge in [-0.1, -0.05) is 13.8 Å². The van der Waals surface area contributed by atoms with Gasteiger partial charge >= 0.3 is 0 Å². The first kappa shape index (κ1) is 6.81. The third kappa shape index (κ3) is 1.35. The summed E-state index contributed by atoms with van der Waals surface area (Å²) in [5.41, 5.74) is 0. The van der Waals surface area contributed by atoms with E-state index >= 15 is 0 Å². The minimum atomic E-state index is 0.833. The molecular weight excluding hydrogens is 136 g/mol. The summed E-state index contributed by atoms with van der Waals surface area (Å²) in [6.07, 6.45) is 0. The largest absolute Gasteiger partial charge is 0.144 e. The van der Waals surface area contributed by atoms with Crippen molar-refractivity contribution in [2.45, 2.75) is 35.9 Å². The number of thioether (sulfide) groups is 2. The Hall–Kier alpha value is 0.700. The zero-order valence-corrected chi connectivity index (χ0v) is 7.18. The van der Waals surface area contributed by atoms with Crippen molar-refractivity contribution in [3.8, 4) is 0 Å². The highest BCUT2D eigenvalue weighted by atomic mass is 32.2. The van der Waals surface area contributed by atoms with Crippen molar-refractivity contribution < 1.29 is 0 Å². The molecule has 8 heavy (non-hydrogen) atoms. The maximum Gasteiger partial charge on any atom is 0.0480 e. The lowest BCUT2D eigenvalue weighted by molar-refractivity contribution is 0.941. The summed E-state index contributed by atoms with van der Waals surface area (Å²) in [5.74, 6) is 0. The molecule has 2 heteroatoms. The highest BCUT2D eigenvalue weighted by Crippen LogP contribution is 2.42. The summed E-state index contributed by atoms with van der Waals surface area (Å²) in [7, 11) is 0. The van der Waals surface area contributed by atoms with Gasteiger partial charge in [-0.25, -0.2) is 0 Å². The molecule has 2 atom stereocenters. The lowest BCUT2D eigenvalue weighted by atomic mass is 10.4. The first-order valence-electron chi connectivity index (χ1n) is 3.01. The maximum absolute atomic E-state index is 2.31. The molecule has 1 heterocycles. The molecule has 0 aromatic rings. The Morgan fingerprint density at radius 2 is 1.25 bits per heavy atom. The average Bonchev–Trinajstić information content (AvgIpc) is 1.85. The molecule has 0 saturated carbocycles. The van der Waals surface area contributed by atoms with Crippen molar-refractivity contribution in [1.82, 2.24) is 0 Å². The smallest absolute Gasteiger partial charge is 0.0480 e. The van der Waals surface area contributed by atoms with Crippen LogP contribution in [0.4, 0.5) is 0 Å². The zero-order valence-electron chi connectivity index (χ0n) is 5.55. The van der Waals surface area contributed by atoms with E-state index in [1.54, 1.807) is 0 Å². The number of hydrogen-bond acceptors (Lipinski definition) is 2. The van der Waals surface area contributed by atoms with Gasteiger partial charge in [0.1, 0.15) is 0 Å². The Labute approximate surface area is 59.8 Å². The van der Waals surface area contributed by atoms with Crippen LogP contribution in [0.2, 0.25) is 0 Å². The van der Waals surface area contributed by atoms with Gasteiger partial charge in [0, 0.05) is 15.1 Å². The molecule has 1 aliphatic rings. The first-order chi connectivity index (χ1) is 3.70. The van der Waals surface area contributed by atoms with Gasteiger partial charge in [0.25, 0.3) is 0 Å². The second kappa shape index (κ2) is 2.53. The maximum atomic E-state index is 2.31. The molecule has 0 radical (unpaired) electrons. The normalized spacial score (nSPS) is 47.6. The van der Waals surface area contributed by atoms with E-state index in [9.17, 15) is 0 Å². The van der Waals surface area contributed by atoms with Crippen LogP contribution in [0, 0.1) is 0 Å². The van der Waals surface area contributed by atoms with Crippen LogP contribution in [0.3, 0.4) is 0 Å². The van der Waals surface area contributed by atoms with E-state index in [1.165, 1.54) is 0 Å². The first-order valence-corrected chi connectivity index (χ1v) is 4.89. The van der Waals surface area contributed by atoms with Crippen molar-refractivity contribution in [2.24, 2.45) is 0 Å². The van der Waals surface area contributed by atoms with Gasteiger partial charge in [0.2, 0.25) is 0 Å². The number of hydrogen-bond donors (Lipinski definition) is 0. The summed E-state index contributed by atoms with van der Waals surface area (Å²) in [5, 5.41) is 1.74. The van der Waals surface area contributed by atoms with Crippen molar-refractivity contribution in [3.05, 3.63) is 0 Å². The van der Waals surface area contributed by atoms with E-state index in [1.807, 2.05) is 0 Å². The second-order valence-corrected chi connectivity index (χ2v) is 5.99. The molecule has 48 valence electrons. The zero-order chi connectivity index (χ0) is 6.15. The SMILES string of the molecule is CC1SC(C)C(C)S1. The van der Waals surface area contributed by atoms with Crippen LogP contribution in [0.5, 0.6) is 0 Å². The molecule has 1 fully saturated rings. The predicted molar refractivity (Wildman–Crippen MR) is 43.6 cm³/mol. The minimum absolute atomic E-state index is 0.833. The van der Waals surface area contributed by atoms with Gasteiger partial charge in [-0.05, 0) is 6.92 Å². The lowest BCUT2D eigenvalue weighted by Crippen LogP contribution is -2.04. The fraction of sp³-hybridized carbons (Fsp3) is 1.00. The van der Waals surface area contributed by atoms with Crippen molar-refractivity contribution in [3.63, 3.8) is 0 Å². The molecule has 0 aromatic heterocycles. The topological polar surface area (TPSA) is 0 Å². The highest BCUT2D eigenvalue weighted by molar-refractivity contribution is 8.20. The van der Waals surface area contributed by atoms with Crippen LogP contribution in [-0.4, -0.2) is 15.1 Å². The van der Waals surface area contributed by atoms with Crippen LogP contribution in [0.1, 0.15) is 20.8 Å². The Morgan fingerprint density at radius 1 is 0.875 bits per heavy atom. The summed E-state index contributed by atoms with van der Waals surface area (Å²) < 4.78 is 0.833. The molecule has 0 N–H and O–H groups in total. The van der Waals surface area contributed by atoms with E-state index in [4.69, 9.17) is 0 Å². The molecule has 0 aromatic carbocycles. The van der Waals surface area contributed by atoms with Crippen molar-refractivity contribution in [1.29, 1.82) is 0 Å². The standard InChI is InChI=1S/C6H12S2/c1-4-5(2)8-6(3)7-4/h4-6H,1-3H3. The van der Waals surface area contributed by atoms with E-state index in [-0.39, 0.29) is 0 Å². The van der Waals surface area contributed by atoms with E-state index in [0.717, 1.165) is 15.1 Å². The third-order valence-corrected chi connectivity index (χ3v) is 4.75. The Kier molecular flexibility index (Phi) is 2.15. The molecule has 0 bridgehead atoms. The molecule has 1 rings (SSSR count). The van der Waals surface area contributed by atoms with Gasteiger partial charge in [-0.3, -0.25) is 0 Å². The summed E-state index contributed by atoms with van der Waals surface area (Å²) in [6.45, 7) is 6.91. The van der Waals surface area contributed by atoms with E-state index in [2.05, 4.69) is 44.3 Å². The summed E-state index contributed by atoms with van der Waals surface area (Å²) >= 11 is 4.18. The molecule has 0 amide bonds. The monoisotopic (exact) mass is 148 g/mol. The molecule has 0 nitrogen and oxygen atoms in total. The summed E-state index contributed by atoms with van der Waals surface area (Å²) in [4.78, 5) is 0. The highest BCUT2D eigenvalue weighted by Gasteiger charge is 2.25. The number of rotatable bonds is 0. The predicted octanol–water partition coefficient (Wildman–Crippen LogP) is 2.59. The van der Waals surface area contributed by atoms with Crippen LogP contribution in [0.15, 0.2) is 0 Å². The lowest BCUT2D eigenvalue weighted by Gasteiger charge is -2.02. The van der Waals surface area contributed by atoms with Gasteiger partial charge in [-0.15, -0.1) is 23.5 Å². The summed E-state index contributed by atoms with van der Waals surface area (Å²) in [6, 6.07) is 0. The second-order valence-electron chi connectivity index (χ2n) is 2.25. The molecule has 2 unspecified atom stereocenters. The molecular formula is C6H12S2. The Bertz CT molecular complexity index is 72.6. The van der Waals surface area contributed by atoms with E-state index in [0.29, 0.717) is 0 Å². The van der Waals surface area contributed by atoms with E-state index < -0.39 is 0 Å². The quantitative estimate of drug-likeness (QED) is 0.518. The fourth-order valence-corrected chi connectivity index (χ4v) is 4.20. The van der Waals surface area contributed by atoms with Gasteiger partial charge in [-0.2, -0.15) is 0 Å².